The Balaban J connectivity index is 1.93. The van der Waals surface area contributed by atoms with Crippen LogP contribution in [0.25, 0.3) is 0 Å². The number of amides is 1. The number of hydrogen-bond acceptors (Lipinski definition) is 2. The second-order valence-corrected chi connectivity index (χ2v) is 6.03. The van der Waals surface area contributed by atoms with Gasteiger partial charge in [-0.05, 0) is 23.8 Å². The summed E-state index contributed by atoms with van der Waals surface area (Å²) in [4.78, 5) is 14.3. The third kappa shape index (κ3) is 4.97. The second kappa shape index (κ2) is 7.44. The summed E-state index contributed by atoms with van der Waals surface area (Å²) >= 11 is 0. The maximum absolute atomic E-state index is 12.4. The lowest BCUT2D eigenvalue weighted by Crippen LogP contribution is -2.35. The minimum absolute atomic E-state index is 0.126. The van der Waals surface area contributed by atoms with Crippen LogP contribution in [-0.4, -0.2) is 29.1 Å². The van der Waals surface area contributed by atoms with E-state index in [1.807, 2.05) is 42.2 Å². The summed E-state index contributed by atoms with van der Waals surface area (Å²) in [6.07, 6.45) is 4.26. The Morgan fingerprint density at radius 1 is 1.35 bits per heavy atom. The molecule has 1 N–H and O–H groups in total. The molecule has 1 aliphatic carbocycles. The molecule has 0 aliphatic heterocycles. The quantitative estimate of drug-likeness (QED) is 0.792. The van der Waals surface area contributed by atoms with Gasteiger partial charge in [0.15, 0.2) is 0 Å². The zero-order valence-corrected chi connectivity index (χ0v) is 12.3. The molecule has 1 aromatic carbocycles. The number of benzene rings is 1. The van der Waals surface area contributed by atoms with Gasteiger partial charge in [0.05, 0.1) is 0 Å². The molecule has 0 bridgehead atoms. The van der Waals surface area contributed by atoms with Crippen LogP contribution in [-0.2, 0) is 11.3 Å². The maximum Gasteiger partial charge on any atom is 0.222 e. The van der Waals surface area contributed by atoms with E-state index in [2.05, 4.69) is 0 Å². The fourth-order valence-corrected chi connectivity index (χ4v) is 2.38. The Labute approximate surface area is 121 Å². The highest BCUT2D eigenvalue weighted by Gasteiger charge is 2.24. The van der Waals surface area contributed by atoms with Crippen LogP contribution in [0.5, 0.6) is 0 Å². The maximum atomic E-state index is 12.4. The molecule has 0 unspecified atom stereocenters. The lowest BCUT2D eigenvalue weighted by molar-refractivity contribution is -0.132. The van der Waals surface area contributed by atoms with Crippen molar-refractivity contribution in [2.45, 2.75) is 39.2 Å². The molecule has 0 radical (unpaired) electrons. The molecule has 20 heavy (non-hydrogen) atoms. The van der Waals surface area contributed by atoms with Crippen LogP contribution >= 0.6 is 0 Å². The minimum atomic E-state index is 0.126. The third-order valence-electron chi connectivity index (χ3n) is 3.88. The van der Waals surface area contributed by atoms with Gasteiger partial charge in [-0.15, -0.1) is 0 Å². The molecule has 1 atom stereocenters. The SMILES string of the molecule is C[C@H](CO)CN(Cc1ccccc1)C(=O)CCC1CC1. The molecule has 1 amide bonds. The molecule has 1 fully saturated rings. The van der Waals surface area contributed by atoms with Crippen molar-refractivity contribution in [3.63, 3.8) is 0 Å². The van der Waals surface area contributed by atoms with Gasteiger partial charge in [0.2, 0.25) is 5.91 Å². The summed E-state index contributed by atoms with van der Waals surface area (Å²) in [5, 5.41) is 9.22. The van der Waals surface area contributed by atoms with E-state index in [4.69, 9.17) is 0 Å². The second-order valence-electron chi connectivity index (χ2n) is 6.03. The number of aliphatic hydroxyl groups excluding tert-OH is 1. The monoisotopic (exact) mass is 275 g/mol. The average Bonchev–Trinajstić information content (AvgIpc) is 3.29. The summed E-state index contributed by atoms with van der Waals surface area (Å²) in [6, 6.07) is 10.1. The highest BCUT2D eigenvalue weighted by molar-refractivity contribution is 5.76. The van der Waals surface area contributed by atoms with Crippen LogP contribution in [0.1, 0.15) is 38.2 Å². The van der Waals surface area contributed by atoms with Gasteiger partial charge >= 0.3 is 0 Å². The van der Waals surface area contributed by atoms with Gasteiger partial charge < -0.3 is 10.0 Å². The molecule has 110 valence electrons. The van der Waals surface area contributed by atoms with E-state index in [-0.39, 0.29) is 18.4 Å². The summed E-state index contributed by atoms with van der Waals surface area (Å²) in [7, 11) is 0. The smallest absolute Gasteiger partial charge is 0.222 e. The lowest BCUT2D eigenvalue weighted by Gasteiger charge is -2.25. The van der Waals surface area contributed by atoms with E-state index < -0.39 is 0 Å². The molecule has 0 saturated heterocycles. The van der Waals surface area contributed by atoms with E-state index in [9.17, 15) is 9.90 Å². The highest BCUT2D eigenvalue weighted by atomic mass is 16.3. The Morgan fingerprint density at radius 3 is 2.65 bits per heavy atom. The summed E-state index contributed by atoms with van der Waals surface area (Å²) < 4.78 is 0. The lowest BCUT2D eigenvalue weighted by atomic mass is 10.1. The Kier molecular flexibility index (Phi) is 5.60. The first-order valence-corrected chi connectivity index (χ1v) is 7.61. The first kappa shape index (κ1) is 15.0. The van der Waals surface area contributed by atoms with Crippen molar-refractivity contribution in [1.29, 1.82) is 0 Å². The summed E-state index contributed by atoms with van der Waals surface area (Å²) in [5.41, 5.74) is 1.15. The molecule has 1 saturated carbocycles. The molecule has 2 rings (SSSR count). The van der Waals surface area contributed by atoms with Crippen molar-refractivity contribution < 1.29 is 9.90 Å². The first-order valence-electron chi connectivity index (χ1n) is 7.61. The minimum Gasteiger partial charge on any atom is -0.396 e. The van der Waals surface area contributed by atoms with Crippen molar-refractivity contribution in [3.8, 4) is 0 Å². The molecule has 0 aromatic heterocycles. The number of nitrogens with zero attached hydrogens (tertiary/aromatic N) is 1. The Bertz CT molecular complexity index is 414. The zero-order valence-electron chi connectivity index (χ0n) is 12.3. The number of aliphatic hydroxyl groups is 1. The topological polar surface area (TPSA) is 40.5 Å². The standard InChI is InChI=1S/C17H25NO2/c1-14(13-19)11-18(12-16-5-3-2-4-6-16)17(20)10-9-15-7-8-15/h2-6,14-15,19H,7-13H2,1H3/t14-/m0/s1. The number of carbonyl (C=O) groups is 1. The molecular weight excluding hydrogens is 250 g/mol. The van der Waals surface area contributed by atoms with Gasteiger partial charge in [-0.25, -0.2) is 0 Å². The molecule has 0 spiro atoms. The zero-order chi connectivity index (χ0) is 14.4. The normalized spacial score (nSPS) is 15.9. The van der Waals surface area contributed by atoms with Crippen molar-refractivity contribution in [2.24, 2.45) is 11.8 Å². The van der Waals surface area contributed by atoms with E-state index in [1.165, 1.54) is 12.8 Å². The van der Waals surface area contributed by atoms with Crippen LogP contribution in [0.3, 0.4) is 0 Å². The van der Waals surface area contributed by atoms with E-state index >= 15 is 0 Å². The van der Waals surface area contributed by atoms with E-state index in [0.717, 1.165) is 17.9 Å². The van der Waals surface area contributed by atoms with Crippen molar-refractivity contribution >= 4 is 5.91 Å². The Hall–Kier alpha value is -1.35. The van der Waals surface area contributed by atoms with Crippen molar-refractivity contribution in [1.82, 2.24) is 4.90 Å². The molecule has 0 heterocycles. The van der Waals surface area contributed by atoms with Gasteiger partial charge in [-0.3, -0.25) is 4.79 Å². The van der Waals surface area contributed by atoms with Crippen LogP contribution in [0.2, 0.25) is 0 Å². The molecule has 1 aromatic rings. The number of hydrogen-bond donors (Lipinski definition) is 1. The third-order valence-corrected chi connectivity index (χ3v) is 3.88. The highest BCUT2D eigenvalue weighted by Crippen LogP contribution is 2.33. The van der Waals surface area contributed by atoms with Crippen molar-refractivity contribution in [3.05, 3.63) is 35.9 Å². The number of rotatable bonds is 8. The van der Waals surface area contributed by atoms with Crippen LogP contribution in [0.4, 0.5) is 0 Å². The van der Waals surface area contributed by atoms with Gasteiger partial charge in [0, 0.05) is 26.1 Å². The van der Waals surface area contributed by atoms with E-state index in [0.29, 0.717) is 19.5 Å². The summed E-state index contributed by atoms with van der Waals surface area (Å²) in [5.74, 6) is 1.14. The molecule has 3 heteroatoms. The van der Waals surface area contributed by atoms with Crippen LogP contribution in [0, 0.1) is 11.8 Å². The van der Waals surface area contributed by atoms with Crippen molar-refractivity contribution in [2.75, 3.05) is 13.2 Å². The Morgan fingerprint density at radius 2 is 2.05 bits per heavy atom. The number of carbonyl (C=O) groups excluding carboxylic acids is 1. The largest absolute Gasteiger partial charge is 0.396 e. The van der Waals surface area contributed by atoms with Gasteiger partial charge in [0.1, 0.15) is 0 Å². The van der Waals surface area contributed by atoms with Gasteiger partial charge in [0.25, 0.3) is 0 Å². The molecule has 1 aliphatic rings. The fourth-order valence-electron chi connectivity index (χ4n) is 2.38. The predicted octanol–water partition coefficient (Wildman–Crippen LogP) is 2.83. The van der Waals surface area contributed by atoms with Crippen LogP contribution < -0.4 is 0 Å². The van der Waals surface area contributed by atoms with Crippen LogP contribution in [0.15, 0.2) is 30.3 Å². The average molecular weight is 275 g/mol. The first-order chi connectivity index (χ1) is 9.69. The van der Waals surface area contributed by atoms with Gasteiger partial charge in [-0.1, -0.05) is 50.1 Å². The molecule has 3 nitrogen and oxygen atoms in total. The fraction of sp³-hybridized carbons (Fsp3) is 0.588. The predicted molar refractivity (Wildman–Crippen MR) is 80.1 cm³/mol. The van der Waals surface area contributed by atoms with E-state index in [1.54, 1.807) is 0 Å². The van der Waals surface area contributed by atoms with Gasteiger partial charge in [-0.2, -0.15) is 0 Å². The summed E-state index contributed by atoms with van der Waals surface area (Å²) in [6.45, 7) is 3.39. The molecular formula is C17H25NO2.